The van der Waals surface area contributed by atoms with Crippen LogP contribution in [0.1, 0.15) is 81.9 Å². The second kappa shape index (κ2) is 13.6. The standard InChI is InChI=1S/C18H19ClNO.3C4H9.Sn/c1-20-9-8-14-10-17(19)18(21-2)11-15(14)16(12-20)13-6-4-3-5-7-13;3*1-3-4-2;/h4-7,10-11,16H,8-9,12H2,1-2H3;3*1,3-4H2,2H3;. The molecule has 2 nitrogen and oxygen atoms in total. The Balaban J connectivity index is 1.99. The number of nitrogens with zero attached hydrogens (tertiary/aromatic N) is 1. The Morgan fingerprint density at radius 3 is 2.06 bits per heavy atom. The molecule has 1 atom stereocenters. The zero-order valence-corrected chi connectivity index (χ0v) is 25.9. The first-order chi connectivity index (χ1) is 16.5. The summed E-state index contributed by atoms with van der Waals surface area (Å²) in [6.45, 7) is 9.18. The molecule has 0 fully saturated rings. The number of likely N-dealkylation sites (N-methyl/N-ethyl adjacent to an activating group) is 1. The maximum absolute atomic E-state index is 6.51. The van der Waals surface area contributed by atoms with Gasteiger partial charge in [0.15, 0.2) is 0 Å². The van der Waals surface area contributed by atoms with E-state index in [0.717, 1.165) is 30.3 Å². The SMILES string of the molecule is CCC[CH2][Sn]([CH2]CCC)([CH2]CCC)[c]1ccc(C2CN(C)CCc3cc(Cl)c(OC)cc32)cc1. The van der Waals surface area contributed by atoms with Gasteiger partial charge in [-0.3, -0.25) is 0 Å². The molecule has 34 heavy (non-hydrogen) atoms. The van der Waals surface area contributed by atoms with Crippen molar-refractivity contribution >= 4 is 33.6 Å². The fourth-order valence-corrected chi connectivity index (χ4v) is 22.0. The van der Waals surface area contributed by atoms with Crippen LogP contribution in [0.25, 0.3) is 0 Å². The van der Waals surface area contributed by atoms with Crippen molar-refractivity contribution in [2.45, 2.75) is 84.9 Å². The van der Waals surface area contributed by atoms with E-state index < -0.39 is 18.4 Å². The Labute approximate surface area is 218 Å². The van der Waals surface area contributed by atoms with Gasteiger partial charge in [0, 0.05) is 0 Å². The summed E-state index contributed by atoms with van der Waals surface area (Å²) in [7, 11) is 3.96. The van der Waals surface area contributed by atoms with Crippen molar-refractivity contribution in [1.82, 2.24) is 4.90 Å². The molecule has 3 rings (SSSR count). The first-order valence-corrected chi connectivity index (χ1v) is 21.5. The molecule has 1 unspecified atom stereocenters. The van der Waals surface area contributed by atoms with E-state index in [4.69, 9.17) is 16.3 Å². The number of hydrogen-bond donors (Lipinski definition) is 0. The number of fused-ring (bicyclic) bond motifs is 1. The molecule has 2 aromatic rings. The van der Waals surface area contributed by atoms with Gasteiger partial charge in [-0.05, 0) is 0 Å². The molecule has 0 aliphatic carbocycles. The number of ether oxygens (including phenoxy) is 1. The van der Waals surface area contributed by atoms with Crippen LogP contribution in [0.3, 0.4) is 0 Å². The van der Waals surface area contributed by atoms with Gasteiger partial charge in [0.1, 0.15) is 0 Å². The molecule has 1 heterocycles. The van der Waals surface area contributed by atoms with Gasteiger partial charge < -0.3 is 0 Å². The van der Waals surface area contributed by atoms with Crippen molar-refractivity contribution in [3.8, 4) is 5.75 Å². The van der Waals surface area contributed by atoms with E-state index in [9.17, 15) is 0 Å². The first kappa shape index (κ1) is 27.9. The molecule has 0 aromatic heterocycles. The second-order valence-electron chi connectivity index (χ2n) is 10.5. The predicted octanol–water partition coefficient (Wildman–Crippen LogP) is 8.02. The molecule has 1 aliphatic heterocycles. The Hall–Kier alpha value is -0.711. The average molecular weight is 591 g/mol. The second-order valence-corrected chi connectivity index (χ2v) is 24.1. The van der Waals surface area contributed by atoms with Crippen molar-refractivity contribution in [2.75, 3.05) is 27.2 Å². The van der Waals surface area contributed by atoms with Crippen molar-refractivity contribution in [3.63, 3.8) is 0 Å². The number of hydrogen-bond acceptors (Lipinski definition) is 2. The van der Waals surface area contributed by atoms with E-state index in [1.807, 2.05) is 0 Å². The van der Waals surface area contributed by atoms with Gasteiger partial charge in [0.25, 0.3) is 0 Å². The van der Waals surface area contributed by atoms with Crippen LogP contribution in [-0.4, -0.2) is 50.5 Å². The van der Waals surface area contributed by atoms with Crippen LogP contribution >= 0.6 is 11.6 Å². The fraction of sp³-hybridized carbons (Fsp3) is 0.600. The van der Waals surface area contributed by atoms with Crippen molar-refractivity contribution in [1.29, 1.82) is 0 Å². The fourth-order valence-electron chi connectivity index (χ4n) is 5.83. The summed E-state index contributed by atoms with van der Waals surface area (Å²) in [5, 5.41) is 0.724. The van der Waals surface area contributed by atoms with E-state index in [1.54, 1.807) is 10.7 Å². The molecule has 188 valence electrons. The maximum atomic E-state index is 6.51. The van der Waals surface area contributed by atoms with Gasteiger partial charge >= 0.3 is 219 Å². The molecule has 0 saturated carbocycles. The van der Waals surface area contributed by atoms with Crippen molar-refractivity contribution < 1.29 is 4.74 Å². The van der Waals surface area contributed by atoms with Crippen LogP contribution in [0.15, 0.2) is 36.4 Å². The van der Waals surface area contributed by atoms with Crippen LogP contribution < -0.4 is 8.32 Å². The van der Waals surface area contributed by atoms with E-state index >= 15 is 0 Å². The molecule has 4 heteroatoms. The topological polar surface area (TPSA) is 12.5 Å². The minimum atomic E-state index is -2.39. The van der Waals surface area contributed by atoms with Crippen LogP contribution in [-0.2, 0) is 6.42 Å². The van der Waals surface area contributed by atoms with Crippen LogP contribution in [0, 0.1) is 0 Å². The van der Waals surface area contributed by atoms with Gasteiger partial charge in [-0.25, -0.2) is 0 Å². The molecular formula is C30H46ClNOSn. The van der Waals surface area contributed by atoms with Crippen LogP contribution in [0.4, 0.5) is 0 Å². The molecule has 0 amide bonds. The zero-order chi connectivity index (χ0) is 24.6. The number of methoxy groups -OCH3 is 1. The molecule has 2 aromatic carbocycles. The van der Waals surface area contributed by atoms with Crippen LogP contribution in [0.5, 0.6) is 5.75 Å². The molecule has 1 aliphatic rings. The van der Waals surface area contributed by atoms with E-state index in [-0.39, 0.29) is 0 Å². The molecular weight excluding hydrogens is 545 g/mol. The predicted molar refractivity (Wildman–Crippen MR) is 152 cm³/mol. The third kappa shape index (κ3) is 6.73. The quantitative estimate of drug-likeness (QED) is 0.232. The third-order valence-corrected chi connectivity index (χ3v) is 24.0. The minimum absolute atomic E-state index is 0.356. The Morgan fingerprint density at radius 1 is 0.941 bits per heavy atom. The first-order valence-electron chi connectivity index (χ1n) is 13.6. The number of benzene rings is 2. The average Bonchev–Trinajstić information content (AvgIpc) is 3.01. The van der Waals surface area contributed by atoms with E-state index in [0.29, 0.717) is 5.92 Å². The van der Waals surface area contributed by atoms with Gasteiger partial charge in [0.05, 0.1) is 0 Å². The van der Waals surface area contributed by atoms with Crippen LogP contribution in [0.2, 0.25) is 18.3 Å². The molecule has 0 radical (unpaired) electrons. The molecule has 0 saturated heterocycles. The molecule has 0 spiro atoms. The summed E-state index contributed by atoms with van der Waals surface area (Å²) >= 11 is 4.11. The van der Waals surface area contributed by atoms with Crippen molar-refractivity contribution in [3.05, 3.63) is 58.1 Å². The normalized spacial score (nSPS) is 16.8. The number of unbranched alkanes of at least 4 members (excludes halogenated alkanes) is 3. The monoisotopic (exact) mass is 591 g/mol. The number of halogens is 1. The van der Waals surface area contributed by atoms with Gasteiger partial charge in [0.2, 0.25) is 0 Å². The summed E-state index contributed by atoms with van der Waals surface area (Å²) in [4.78, 5) is 2.46. The summed E-state index contributed by atoms with van der Waals surface area (Å²) in [5.74, 6) is 1.15. The number of rotatable bonds is 12. The Morgan fingerprint density at radius 2 is 1.53 bits per heavy atom. The summed E-state index contributed by atoms with van der Waals surface area (Å²) in [5.41, 5.74) is 4.19. The van der Waals surface area contributed by atoms with E-state index in [2.05, 4.69) is 69.1 Å². The van der Waals surface area contributed by atoms with Gasteiger partial charge in [-0.2, -0.15) is 0 Å². The van der Waals surface area contributed by atoms with Gasteiger partial charge in [-0.15, -0.1) is 0 Å². The van der Waals surface area contributed by atoms with Crippen molar-refractivity contribution in [2.24, 2.45) is 0 Å². The Bertz CT molecular complexity index is 876. The zero-order valence-electron chi connectivity index (χ0n) is 22.3. The molecule has 0 N–H and O–H groups in total. The third-order valence-electron chi connectivity index (χ3n) is 8.00. The Kier molecular flexibility index (Phi) is 11.1. The summed E-state index contributed by atoms with van der Waals surface area (Å²) in [6, 6.07) is 14.4. The summed E-state index contributed by atoms with van der Waals surface area (Å²) < 4.78 is 11.9. The van der Waals surface area contributed by atoms with E-state index in [1.165, 1.54) is 68.5 Å². The molecule has 0 bridgehead atoms. The summed E-state index contributed by atoms with van der Waals surface area (Å²) in [6.07, 6.45) is 9.24. The van der Waals surface area contributed by atoms with Gasteiger partial charge in [-0.1, -0.05) is 0 Å².